The van der Waals surface area contributed by atoms with E-state index in [9.17, 15) is 12.8 Å². The van der Waals surface area contributed by atoms with Crippen LogP contribution >= 0.6 is 0 Å². The van der Waals surface area contributed by atoms with Crippen LogP contribution in [0.5, 0.6) is 0 Å². The highest BCUT2D eigenvalue weighted by Gasteiger charge is 2.27. The van der Waals surface area contributed by atoms with Gasteiger partial charge in [0.2, 0.25) is 10.0 Å². The van der Waals surface area contributed by atoms with Crippen LogP contribution in [-0.4, -0.2) is 38.0 Å². The summed E-state index contributed by atoms with van der Waals surface area (Å²) in [6.07, 6.45) is 3.71. The Bertz CT molecular complexity index is 723. The lowest BCUT2D eigenvalue weighted by Gasteiger charge is -2.22. The second-order valence-electron chi connectivity index (χ2n) is 4.97. The summed E-state index contributed by atoms with van der Waals surface area (Å²) in [5.41, 5.74) is 0.789. The van der Waals surface area contributed by atoms with E-state index in [1.165, 1.54) is 22.5 Å². The SMILES string of the molecule is COCCCN(Cc1ccncc1)S(=O)(=O)c1ccccc1F. The van der Waals surface area contributed by atoms with Gasteiger partial charge in [0.15, 0.2) is 0 Å². The van der Waals surface area contributed by atoms with Crippen molar-refractivity contribution >= 4 is 10.0 Å². The highest BCUT2D eigenvalue weighted by Crippen LogP contribution is 2.21. The standard InChI is InChI=1S/C16H19FN2O3S/c1-22-12-4-11-19(13-14-7-9-18-10-8-14)23(20,21)16-6-3-2-5-15(16)17/h2-3,5-10H,4,11-13H2,1H3. The maximum Gasteiger partial charge on any atom is 0.246 e. The van der Waals surface area contributed by atoms with Crippen LogP contribution in [0.2, 0.25) is 0 Å². The zero-order chi connectivity index (χ0) is 16.7. The molecule has 23 heavy (non-hydrogen) atoms. The summed E-state index contributed by atoms with van der Waals surface area (Å²) in [7, 11) is -2.37. The molecule has 0 amide bonds. The smallest absolute Gasteiger partial charge is 0.246 e. The van der Waals surface area contributed by atoms with Gasteiger partial charge in [-0.2, -0.15) is 4.31 Å². The summed E-state index contributed by atoms with van der Waals surface area (Å²) >= 11 is 0. The monoisotopic (exact) mass is 338 g/mol. The first-order valence-electron chi connectivity index (χ1n) is 7.18. The number of ether oxygens (including phenoxy) is 1. The summed E-state index contributed by atoms with van der Waals surface area (Å²) in [5, 5.41) is 0. The molecule has 1 aromatic carbocycles. The number of sulfonamides is 1. The number of halogens is 1. The van der Waals surface area contributed by atoms with Gasteiger partial charge >= 0.3 is 0 Å². The molecule has 0 bridgehead atoms. The third kappa shape index (κ3) is 4.57. The molecule has 0 saturated heterocycles. The maximum atomic E-state index is 13.9. The molecular formula is C16H19FN2O3S. The molecule has 0 N–H and O–H groups in total. The number of rotatable bonds is 8. The average molecular weight is 338 g/mol. The molecule has 0 radical (unpaired) electrons. The van der Waals surface area contributed by atoms with Crippen molar-refractivity contribution in [2.75, 3.05) is 20.3 Å². The Balaban J connectivity index is 2.30. The third-order valence-electron chi connectivity index (χ3n) is 3.32. The quantitative estimate of drug-likeness (QED) is 0.694. The van der Waals surface area contributed by atoms with Gasteiger partial charge in [-0.3, -0.25) is 4.98 Å². The number of pyridine rings is 1. The van der Waals surface area contributed by atoms with Crippen LogP contribution in [0.3, 0.4) is 0 Å². The molecular weight excluding hydrogens is 319 g/mol. The van der Waals surface area contributed by atoms with Crippen molar-refractivity contribution < 1.29 is 17.5 Å². The number of nitrogens with zero attached hydrogens (tertiary/aromatic N) is 2. The molecule has 1 heterocycles. The number of hydrogen-bond donors (Lipinski definition) is 0. The van der Waals surface area contributed by atoms with Crippen LogP contribution in [0.1, 0.15) is 12.0 Å². The van der Waals surface area contributed by atoms with Crippen LogP contribution in [-0.2, 0) is 21.3 Å². The van der Waals surface area contributed by atoms with Gasteiger partial charge in [0.05, 0.1) is 0 Å². The Morgan fingerprint density at radius 1 is 1.17 bits per heavy atom. The Morgan fingerprint density at radius 2 is 1.87 bits per heavy atom. The zero-order valence-electron chi connectivity index (χ0n) is 12.9. The lowest BCUT2D eigenvalue weighted by Crippen LogP contribution is -2.32. The van der Waals surface area contributed by atoms with E-state index in [4.69, 9.17) is 4.74 Å². The molecule has 0 aliphatic rings. The molecule has 0 unspecified atom stereocenters. The van der Waals surface area contributed by atoms with Crippen molar-refractivity contribution in [2.45, 2.75) is 17.9 Å². The molecule has 7 heteroatoms. The predicted octanol–water partition coefficient (Wildman–Crippen LogP) is 2.45. The number of methoxy groups -OCH3 is 1. The Labute approximate surface area is 135 Å². The predicted molar refractivity (Wildman–Crippen MR) is 84.7 cm³/mol. The highest BCUT2D eigenvalue weighted by molar-refractivity contribution is 7.89. The molecule has 0 fully saturated rings. The lowest BCUT2D eigenvalue weighted by molar-refractivity contribution is 0.186. The van der Waals surface area contributed by atoms with E-state index < -0.39 is 15.8 Å². The van der Waals surface area contributed by atoms with Crippen molar-refractivity contribution in [2.24, 2.45) is 0 Å². The van der Waals surface area contributed by atoms with Gasteiger partial charge in [-0.05, 0) is 36.2 Å². The maximum absolute atomic E-state index is 13.9. The van der Waals surface area contributed by atoms with Gasteiger partial charge < -0.3 is 4.74 Å². The minimum atomic E-state index is -3.93. The fraction of sp³-hybridized carbons (Fsp3) is 0.312. The van der Waals surface area contributed by atoms with Crippen LogP contribution in [0.4, 0.5) is 4.39 Å². The Hall–Kier alpha value is -1.83. The molecule has 0 atom stereocenters. The minimum Gasteiger partial charge on any atom is -0.385 e. The van der Waals surface area contributed by atoms with E-state index in [0.717, 1.165) is 11.6 Å². The van der Waals surface area contributed by atoms with Crippen molar-refractivity contribution in [1.82, 2.24) is 9.29 Å². The van der Waals surface area contributed by atoms with E-state index in [1.54, 1.807) is 31.6 Å². The first kappa shape index (κ1) is 17.5. The van der Waals surface area contributed by atoms with Crippen LogP contribution in [0, 0.1) is 5.82 Å². The minimum absolute atomic E-state index is 0.156. The molecule has 0 aliphatic heterocycles. The second kappa shape index (κ2) is 8.14. The van der Waals surface area contributed by atoms with Gasteiger partial charge in [0, 0.05) is 39.2 Å². The molecule has 2 rings (SSSR count). The zero-order valence-corrected chi connectivity index (χ0v) is 13.7. The van der Waals surface area contributed by atoms with E-state index in [1.807, 2.05) is 0 Å². The van der Waals surface area contributed by atoms with Gasteiger partial charge in [-0.1, -0.05) is 12.1 Å². The summed E-state index contributed by atoms with van der Waals surface area (Å²) in [5.74, 6) is -0.751. The molecule has 5 nitrogen and oxygen atoms in total. The fourth-order valence-corrected chi connectivity index (χ4v) is 3.69. The van der Waals surface area contributed by atoms with E-state index >= 15 is 0 Å². The molecule has 0 aliphatic carbocycles. The van der Waals surface area contributed by atoms with Gasteiger partial charge in [0.25, 0.3) is 0 Å². The van der Waals surface area contributed by atoms with Crippen LogP contribution in [0.25, 0.3) is 0 Å². The van der Waals surface area contributed by atoms with E-state index in [2.05, 4.69) is 4.98 Å². The summed E-state index contributed by atoms with van der Waals surface area (Å²) < 4.78 is 45.7. The number of hydrogen-bond acceptors (Lipinski definition) is 4. The summed E-state index contributed by atoms with van der Waals surface area (Å²) in [4.78, 5) is 3.60. The van der Waals surface area contributed by atoms with E-state index in [0.29, 0.717) is 13.0 Å². The van der Waals surface area contributed by atoms with Gasteiger partial charge in [-0.25, -0.2) is 12.8 Å². The molecule has 124 valence electrons. The third-order valence-corrected chi connectivity index (χ3v) is 5.20. The van der Waals surface area contributed by atoms with E-state index in [-0.39, 0.29) is 18.0 Å². The lowest BCUT2D eigenvalue weighted by atomic mass is 10.2. The fourth-order valence-electron chi connectivity index (χ4n) is 2.15. The normalized spacial score (nSPS) is 11.8. The highest BCUT2D eigenvalue weighted by atomic mass is 32.2. The Morgan fingerprint density at radius 3 is 2.52 bits per heavy atom. The van der Waals surface area contributed by atoms with Crippen molar-refractivity contribution in [3.05, 3.63) is 60.2 Å². The van der Waals surface area contributed by atoms with Crippen LogP contribution < -0.4 is 0 Å². The largest absolute Gasteiger partial charge is 0.385 e. The summed E-state index contributed by atoms with van der Waals surface area (Å²) in [6.45, 7) is 0.829. The number of benzene rings is 1. The average Bonchev–Trinajstić information content (AvgIpc) is 2.55. The number of aromatic nitrogens is 1. The first-order valence-corrected chi connectivity index (χ1v) is 8.62. The Kier molecular flexibility index (Phi) is 6.20. The molecule has 2 aromatic rings. The van der Waals surface area contributed by atoms with Crippen LogP contribution in [0.15, 0.2) is 53.7 Å². The molecule has 0 spiro atoms. The topological polar surface area (TPSA) is 59.5 Å². The van der Waals surface area contributed by atoms with Crippen molar-refractivity contribution in [1.29, 1.82) is 0 Å². The summed E-state index contributed by atoms with van der Waals surface area (Å²) in [6, 6.07) is 8.87. The second-order valence-corrected chi connectivity index (χ2v) is 6.88. The first-order chi connectivity index (χ1) is 11.1. The van der Waals surface area contributed by atoms with Crippen molar-refractivity contribution in [3.63, 3.8) is 0 Å². The van der Waals surface area contributed by atoms with Gasteiger partial charge in [0.1, 0.15) is 10.7 Å². The van der Waals surface area contributed by atoms with Gasteiger partial charge in [-0.15, -0.1) is 0 Å². The van der Waals surface area contributed by atoms with Crippen molar-refractivity contribution in [3.8, 4) is 0 Å². The molecule has 0 saturated carbocycles. The molecule has 1 aromatic heterocycles.